The number of fused-ring (bicyclic) bond motifs is 1. The summed E-state index contributed by atoms with van der Waals surface area (Å²) in [6, 6.07) is 8.36. The van der Waals surface area contributed by atoms with E-state index < -0.39 is 0 Å². The van der Waals surface area contributed by atoms with Gasteiger partial charge in [0.1, 0.15) is 24.0 Å². The predicted molar refractivity (Wildman–Crippen MR) is 127 cm³/mol. The largest absolute Gasteiger partial charge is 0.423 e. The number of tetrazole rings is 1. The zero-order valence-electron chi connectivity index (χ0n) is 19.0. The predicted octanol–water partition coefficient (Wildman–Crippen LogP) is 2.04. The summed E-state index contributed by atoms with van der Waals surface area (Å²) in [4.78, 5) is 2.01. The maximum absolute atomic E-state index is 6.12. The first kappa shape index (κ1) is 22.3. The maximum atomic E-state index is 6.12. The van der Waals surface area contributed by atoms with E-state index in [1.165, 1.54) is 32.1 Å². The molecule has 33 heavy (non-hydrogen) atoms. The lowest BCUT2D eigenvalue weighted by Crippen LogP contribution is -2.50. The van der Waals surface area contributed by atoms with Crippen LogP contribution in [0, 0.1) is 0 Å². The van der Waals surface area contributed by atoms with Gasteiger partial charge in [-0.2, -0.15) is 4.68 Å². The molecule has 178 valence electrons. The van der Waals surface area contributed by atoms with Crippen LogP contribution in [0.5, 0.6) is 11.8 Å². The van der Waals surface area contributed by atoms with Gasteiger partial charge >= 0.3 is 6.01 Å². The fourth-order valence-corrected chi connectivity index (χ4v) is 5.16. The van der Waals surface area contributed by atoms with E-state index in [9.17, 15) is 0 Å². The molecule has 1 aromatic heterocycles. The van der Waals surface area contributed by atoms with Crippen molar-refractivity contribution in [3.63, 3.8) is 0 Å². The standard InChI is InChI=1S/C22H31N7O3S/c1-28(2)15-9-6-10-16(11-15)32-22-25-26-27-29(22)18-13-31-19-17(12-30-20(18)19)24-21(33)23-14-7-4-3-5-8-14/h6,9-11,14,17-20H,3-5,7-8,12-13H2,1-2H3,(H2,23,24,33). The molecule has 3 heterocycles. The van der Waals surface area contributed by atoms with Crippen LogP contribution in [0.1, 0.15) is 38.1 Å². The smallest absolute Gasteiger partial charge is 0.341 e. The summed E-state index contributed by atoms with van der Waals surface area (Å²) in [6.07, 6.45) is 5.88. The number of benzene rings is 1. The molecule has 2 aliphatic heterocycles. The average Bonchev–Trinajstić information content (AvgIpc) is 3.52. The third kappa shape index (κ3) is 4.90. The minimum Gasteiger partial charge on any atom is -0.423 e. The summed E-state index contributed by atoms with van der Waals surface area (Å²) in [5, 5.41) is 19.6. The summed E-state index contributed by atoms with van der Waals surface area (Å²) >= 11 is 5.57. The van der Waals surface area contributed by atoms with Crippen LogP contribution >= 0.6 is 12.2 Å². The molecule has 2 saturated heterocycles. The van der Waals surface area contributed by atoms with E-state index in [0.29, 0.717) is 36.1 Å². The zero-order valence-corrected chi connectivity index (χ0v) is 19.8. The number of ether oxygens (including phenoxy) is 3. The van der Waals surface area contributed by atoms with Gasteiger partial charge in [-0.3, -0.25) is 0 Å². The molecule has 3 fully saturated rings. The lowest BCUT2D eigenvalue weighted by Gasteiger charge is -2.26. The van der Waals surface area contributed by atoms with Crippen LogP contribution in [0.25, 0.3) is 0 Å². The second-order valence-corrected chi connectivity index (χ2v) is 9.53. The van der Waals surface area contributed by atoms with Crippen LogP contribution in [0.2, 0.25) is 0 Å². The van der Waals surface area contributed by atoms with Gasteiger partial charge in [-0.15, -0.1) is 0 Å². The molecule has 1 aromatic carbocycles. The third-order valence-corrected chi connectivity index (χ3v) is 6.84. The van der Waals surface area contributed by atoms with Crippen molar-refractivity contribution in [2.24, 2.45) is 0 Å². The van der Waals surface area contributed by atoms with E-state index in [-0.39, 0.29) is 24.3 Å². The van der Waals surface area contributed by atoms with Gasteiger partial charge in [0.2, 0.25) is 0 Å². The van der Waals surface area contributed by atoms with Crippen LogP contribution in [0.3, 0.4) is 0 Å². The topological polar surface area (TPSA) is 98.6 Å². The summed E-state index contributed by atoms with van der Waals surface area (Å²) in [5.41, 5.74) is 1.03. The molecule has 2 aromatic rings. The Balaban J connectivity index is 1.22. The van der Waals surface area contributed by atoms with Crippen molar-refractivity contribution >= 4 is 23.0 Å². The van der Waals surface area contributed by atoms with Gasteiger partial charge in [0.25, 0.3) is 0 Å². The van der Waals surface area contributed by atoms with Gasteiger partial charge in [0.15, 0.2) is 5.11 Å². The Morgan fingerprint density at radius 3 is 2.76 bits per heavy atom. The molecule has 5 rings (SSSR count). The molecular weight excluding hydrogens is 442 g/mol. The van der Waals surface area contributed by atoms with Crippen LogP contribution in [0.15, 0.2) is 24.3 Å². The Morgan fingerprint density at radius 1 is 1.12 bits per heavy atom. The minimum absolute atomic E-state index is 0.0128. The zero-order chi connectivity index (χ0) is 22.8. The highest BCUT2D eigenvalue weighted by molar-refractivity contribution is 7.80. The molecule has 10 nitrogen and oxygen atoms in total. The maximum Gasteiger partial charge on any atom is 0.341 e. The number of thiocarbonyl (C=S) groups is 1. The van der Waals surface area contributed by atoms with Gasteiger partial charge in [-0.05, 0) is 47.6 Å². The lowest BCUT2D eigenvalue weighted by atomic mass is 9.96. The first-order valence-corrected chi connectivity index (χ1v) is 12.0. The van der Waals surface area contributed by atoms with E-state index in [4.69, 9.17) is 26.4 Å². The molecule has 4 atom stereocenters. The first-order valence-electron chi connectivity index (χ1n) is 11.6. The lowest BCUT2D eigenvalue weighted by molar-refractivity contribution is 0.0614. The molecule has 1 saturated carbocycles. The monoisotopic (exact) mass is 473 g/mol. The number of rotatable bonds is 6. The molecule has 0 amide bonds. The van der Waals surface area contributed by atoms with Crippen molar-refractivity contribution in [3.05, 3.63) is 24.3 Å². The van der Waals surface area contributed by atoms with Gasteiger partial charge in [0.05, 0.1) is 19.3 Å². The van der Waals surface area contributed by atoms with E-state index in [2.05, 4.69) is 26.2 Å². The normalized spacial score (nSPS) is 27.2. The van der Waals surface area contributed by atoms with Gasteiger partial charge in [0, 0.05) is 31.9 Å². The minimum atomic E-state index is -0.182. The van der Waals surface area contributed by atoms with Crippen LogP contribution in [-0.4, -0.2) is 76.9 Å². The Hall–Kier alpha value is -2.50. The molecule has 1 aliphatic carbocycles. The number of nitrogens with one attached hydrogen (secondary N) is 2. The molecular formula is C22H31N7O3S. The van der Waals surface area contributed by atoms with Crippen molar-refractivity contribution in [2.75, 3.05) is 32.2 Å². The van der Waals surface area contributed by atoms with Crippen LogP contribution in [-0.2, 0) is 9.47 Å². The summed E-state index contributed by atoms with van der Waals surface area (Å²) < 4.78 is 19.9. The molecule has 0 bridgehead atoms. The molecule has 3 aliphatic rings. The van der Waals surface area contributed by atoms with Crippen molar-refractivity contribution in [1.82, 2.24) is 30.8 Å². The van der Waals surface area contributed by atoms with Gasteiger partial charge in [-0.25, -0.2) is 0 Å². The fraction of sp³-hybridized carbons (Fsp3) is 0.636. The highest BCUT2D eigenvalue weighted by atomic mass is 32.1. The van der Waals surface area contributed by atoms with Crippen molar-refractivity contribution < 1.29 is 14.2 Å². The van der Waals surface area contributed by atoms with Crippen molar-refractivity contribution in [1.29, 1.82) is 0 Å². The Morgan fingerprint density at radius 2 is 1.94 bits per heavy atom. The Bertz CT molecular complexity index is 965. The molecule has 2 N–H and O–H groups in total. The molecule has 11 heteroatoms. The highest BCUT2D eigenvalue weighted by Gasteiger charge is 2.50. The van der Waals surface area contributed by atoms with E-state index >= 15 is 0 Å². The number of hydrogen-bond donors (Lipinski definition) is 2. The van der Waals surface area contributed by atoms with Crippen molar-refractivity contribution in [2.45, 2.75) is 62.4 Å². The second-order valence-electron chi connectivity index (χ2n) is 9.12. The molecule has 0 spiro atoms. The van der Waals surface area contributed by atoms with Crippen LogP contribution < -0.4 is 20.3 Å². The van der Waals surface area contributed by atoms with Gasteiger partial charge < -0.3 is 29.7 Å². The van der Waals surface area contributed by atoms with Crippen LogP contribution in [0.4, 0.5) is 5.69 Å². The number of hydrogen-bond acceptors (Lipinski definition) is 8. The Labute approximate surface area is 198 Å². The van der Waals surface area contributed by atoms with E-state index in [0.717, 1.165) is 5.69 Å². The third-order valence-electron chi connectivity index (χ3n) is 6.60. The number of aromatic nitrogens is 4. The van der Waals surface area contributed by atoms with Gasteiger partial charge in [-0.1, -0.05) is 30.4 Å². The first-order chi connectivity index (χ1) is 16.1. The molecule has 4 unspecified atom stereocenters. The Kier molecular flexibility index (Phi) is 6.61. The SMILES string of the molecule is CN(C)c1cccc(Oc2nnnn2C2COC3C(NC(=S)NC4CCCCC4)COC32)c1. The quantitative estimate of drug-likeness (QED) is 0.607. The summed E-state index contributed by atoms with van der Waals surface area (Å²) in [5.74, 6) is 0.665. The summed E-state index contributed by atoms with van der Waals surface area (Å²) in [6.45, 7) is 0.955. The number of nitrogens with zero attached hydrogens (tertiary/aromatic N) is 5. The average molecular weight is 474 g/mol. The number of anilines is 1. The summed E-state index contributed by atoms with van der Waals surface area (Å²) in [7, 11) is 3.97. The highest BCUT2D eigenvalue weighted by Crippen LogP contribution is 2.36. The van der Waals surface area contributed by atoms with E-state index in [1.54, 1.807) is 4.68 Å². The van der Waals surface area contributed by atoms with Crippen molar-refractivity contribution in [3.8, 4) is 11.8 Å². The van der Waals surface area contributed by atoms with E-state index in [1.807, 2.05) is 43.3 Å². The second kappa shape index (κ2) is 9.78. The fourth-order valence-electron chi connectivity index (χ4n) is 4.85. The molecule has 0 radical (unpaired) electrons.